The predicted molar refractivity (Wildman–Crippen MR) is 83.2 cm³/mol. The number of ether oxygens (including phenoxy) is 1. The Morgan fingerprint density at radius 2 is 2.35 bits per heavy atom. The molecule has 1 aromatic rings. The van der Waals surface area contributed by atoms with Gasteiger partial charge in [0.1, 0.15) is 11.0 Å². The number of carbonyl (C=O) groups excluding carboxylic acids is 1. The zero-order valence-electron chi connectivity index (χ0n) is 12.5. The second-order valence-electron chi connectivity index (χ2n) is 5.01. The molecule has 20 heavy (non-hydrogen) atoms. The number of nitrogens with zero attached hydrogens (tertiary/aromatic N) is 2. The van der Waals surface area contributed by atoms with Crippen molar-refractivity contribution in [1.82, 2.24) is 15.5 Å². The van der Waals surface area contributed by atoms with E-state index in [1.54, 1.807) is 17.3 Å². The van der Waals surface area contributed by atoms with E-state index in [9.17, 15) is 4.79 Å². The molecule has 0 fully saturated rings. The fourth-order valence-corrected chi connectivity index (χ4v) is 3.47. The number of carbonyl (C=O) groups is 1. The van der Waals surface area contributed by atoms with E-state index in [4.69, 9.17) is 4.74 Å². The fourth-order valence-electron chi connectivity index (χ4n) is 1.97. The average molecular weight is 317 g/mol. The van der Waals surface area contributed by atoms with E-state index < -0.39 is 5.54 Å². The van der Waals surface area contributed by atoms with Gasteiger partial charge in [-0.2, -0.15) is 0 Å². The van der Waals surface area contributed by atoms with E-state index in [2.05, 4.69) is 15.5 Å². The number of esters is 1. The van der Waals surface area contributed by atoms with Crippen LogP contribution >= 0.6 is 23.1 Å². The summed E-state index contributed by atoms with van der Waals surface area (Å²) in [7, 11) is 0. The van der Waals surface area contributed by atoms with Gasteiger partial charge in [0.05, 0.1) is 6.61 Å². The van der Waals surface area contributed by atoms with Gasteiger partial charge in [-0.15, -0.1) is 10.2 Å². The van der Waals surface area contributed by atoms with Crippen LogP contribution in [0.25, 0.3) is 0 Å². The minimum atomic E-state index is -0.619. The lowest BCUT2D eigenvalue weighted by Crippen LogP contribution is -2.53. The molecule has 1 heterocycles. The molecule has 1 unspecified atom stereocenters. The minimum Gasteiger partial charge on any atom is -0.465 e. The third-order valence-corrected chi connectivity index (χ3v) is 4.67. The van der Waals surface area contributed by atoms with Crippen molar-refractivity contribution in [2.24, 2.45) is 0 Å². The SMILES string of the molecule is CCOC(=O)C(C)(CCCSc1nncs1)NC(C)C. The van der Waals surface area contributed by atoms with Crippen LogP contribution in [0, 0.1) is 0 Å². The van der Waals surface area contributed by atoms with Crippen LogP contribution in [0.5, 0.6) is 0 Å². The molecule has 0 radical (unpaired) electrons. The first kappa shape index (κ1) is 17.4. The smallest absolute Gasteiger partial charge is 0.326 e. The van der Waals surface area contributed by atoms with Crippen molar-refractivity contribution >= 4 is 29.1 Å². The molecule has 0 saturated carbocycles. The summed E-state index contributed by atoms with van der Waals surface area (Å²) >= 11 is 3.22. The molecule has 0 aliphatic heterocycles. The Morgan fingerprint density at radius 3 is 2.90 bits per heavy atom. The summed E-state index contributed by atoms with van der Waals surface area (Å²) in [5.74, 6) is 0.749. The summed E-state index contributed by atoms with van der Waals surface area (Å²) in [5, 5.41) is 11.1. The first-order chi connectivity index (χ1) is 9.48. The maximum Gasteiger partial charge on any atom is 0.326 e. The Morgan fingerprint density at radius 1 is 1.60 bits per heavy atom. The maximum absolute atomic E-state index is 12.1. The monoisotopic (exact) mass is 317 g/mol. The van der Waals surface area contributed by atoms with Gasteiger partial charge < -0.3 is 4.74 Å². The highest BCUT2D eigenvalue weighted by atomic mass is 32.2. The molecule has 5 nitrogen and oxygen atoms in total. The average Bonchev–Trinajstić information content (AvgIpc) is 2.87. The molecule has 1 atom stereocenters. The highest BCUT2D eigenvalue weighted by Gasteiger charge is 2.34. The molecule has 0 aliphatic carbocycles. The summed E-state index contributed by atoms with van der Waals surface area (Å²) in [6.45, 7) is 8.23. The third-order valence-electron chi connectivity index (χ3n) is 2.72. The first-order valence-corrected chi connectivity index (χ1v) is 8.68. The lowest BCUT2D eigenvalue weighted by Gasteiger charge is -2.30. The highest BCUT2D eigenvalue weighted by Crippen LogP contribution is 2.23. The summed E-state index contributed by atoms with van der Waals surface area (Å²) < 4.78 is 6.15. The Labute approximate surface area is 128 Å². The molecule has 1 rings (SSSR count). The van der Waals surface area contributed by atoms with E-state index in [1.807, 2.05) is 27.7 Å². The van der Waals surface area contributed by atoms with Gasteiger partial charge in [-0.05, 0) is 40.5 Å². The quantitative estimate of drug-likeness (QED) is 0.429. The van der Waals surface area contributed by atoms with Gasteiger partial charge >= 0.3 is 5.97 Å². The topological polar surface area (TPSA) is 64.1 Å². The molecule has 0 spiro atoms. The standard InChI is InChI=1S/C13H23N3O2S2/c1-5-18-11(17)13(4,15-10(2)3)7-6-8-19-12-16-14-9-20-12/h9-10,15H,5-8H2,1-4H3. The molecule has 1 aromatic heterocycles. The van der Waals surface area contributed by atoms with Gasteiger partial charge in [-0.3, -0.25) is 10.1 Å². The lowest BCUT2D eigenvalue weighted by molar-refractivity contribution is -0.151. The van der Waals surface area contributed by atoms with Crippen molar-refractivity contribution in [1.29, 1.82) is 0 Å². The number of aromatic nitrogens is 2. The second-order valence-corrected chi connectivity index (χ2v) is 7.18. The molecular weight excluding hydrogens is 294 g/mol. The Bertz CT molecular complexity index is 398. The fraction of sp³-hybridized carbons (Fsp3) is 0.769. The van der Waals surface area contributed by atoms with Crippen LogP contribution in [-0.2, 0) is 9.53 Å². The number of thioether (sulfide) groups is 1. The first-order valence-electron chi connectivity index (χ1n) is 6.82. The lowest BCUT2D eigenvalue weighted by atomic mass is 9.95. The van der Waals surface area contributed by atoms with Crippen molar-refractivity contribution in [3.8, 4) is 0 Å². The van der Waals surface area contributed by atoms with Crippen LogP contribution < -0.4 is 5.32 Å². The summed E-state index contributed by atoms with van der Waals surface area (Å²) in [5.41, 5.74) is 1.11. The number of nitrogens with one attached hydrogen (secondary N) is 1. The van der Waals surface area contributed by atoms with Crippen molar-refractivity contribution < 1.29 is 9.53 Å². The number of rotatable bonds is 9. The normalized spacial score (nSPS) is 14.2. The van der Waals surface area contributed by atoms with Gasteiger partial charge in [0, 0.05) is 11.8 Å². The zero-order valence-corrected chi connectivity index (χ0v) is 14.1. The van der Waals surface area contributed by atoms with Crippen molar-refractivity contribution in [2.45, 2.75) is 56.5 Å². The largest absolute Gasteiger partial charge is 0.465 e. The highest BCUT2D eigenvalue weighted by molar-refractivity contribution is 8.00. The van der Waals surface area contributed by atoms with Crippen molar-refractivity contribution in [3.05, 3.63) is 5.51 Å². The van der Waals surface area contributed by atoms with E-state index >= 15 is 0 Å². The van der Waals surface area contributed by atoms with E-state index in [0.717, 1.165) is 22.9 Å². The molecule has 0 amide bonds. The predicted octanol–water partition coefficient (Wildman–Crippen LogP) is 2.73. The van der Waals surface area contributed by atoms with E-state index in [-0.39, 0.29) is 12.0 Å². The molecule has 0 aromatic carbocycles. The van der Waals surface area contributed by atoms with Gasteiger partial charge in [0.15, 0.2) is 4.34 Å². The van der Waals surface area contributed by atoms with Gasteiger partial charge in [-0.1, -0.05) is 23.1 Å². The molecule has 114 valence electrons. The van der Waals surface area contributed by atoms with Crippen LogP contribution in [0.2, 0.25) is 0 Å². The minimum absolute atomic E-state index is 0.172. The van der Waals surface area contributed by atoms with Crippen molar-refractivity contribution in [2.75, 3.05) is 12.4 Å². The second kappa shape index (κ2) is 8.59. The summed E-state index contributed by atoms with van der Waals surface area (Å²) in [6.07, 6.45) is 1.66. The van der Waals surface area contributed by atoms with Gasteiger partial charge in [0.25, 0.3) is 0 Å². The van der Waals surface area contributed by atoms with Crippen LogP contribution in [-0.4, -0.2) is 40.1 Å². The van der Waals surface area contributed by atoms with E-state index in [1.165, 1.54) is 11.3 Å². The Balaban J connectivity index is 2.45. The van der Waals surface area contributed by atoms with Crippen LogP contribution in [0.1, 0.15) is 40.5 Å². The molecule has 0 aliphatic rings. The Hall–Kier alpha value is -0.660. The van der Waals surface area contributed by atoms with Gasteiger partial charge in [0.2, 0.25) is 0 Å². The third kappa shape index (κ3) is 5.76. The summed E-state index contributed by atoms with van der Waals surface area (Å²) in [6, 6.07) is 0.236. The molecule has 1 N–H and O–H groups in total. The van der Waals surface area contributed by atoms with Crippen LogP contribution in [0.4, 0.5) is 0 Å². The molecule has 0 saturated heterocycles. The summed E-state index contributed by atoms with van der Waals surface area (Å²) in [4.78, 5) is 12.1. The molecular formula is C13H23N3O2S2. The molecule has 7 heteroatoms. The zero-order chi connectivity index (χ0) is 15.0. The molecule has 0 bridgehead atoms. The van der Waals surface area contributed by atoms with Crippen LogP contribution in [0.15, 0.2) is 9.85 Å². The maximum atomic E-state index is 12.1. The van der Waals surface area contributed by atoms with E-state index in [0.29, 0.717) is 6.61 Å². The van der Waals surface area contributed by atoms with Crippen molar-refractivity contribution in [3.63, 3.8) is 0 Å². The number of hydrogen-bond acceptors (Lipinski definition) is 7. The Kier molecular flexibility index (Phi) is 7.47. The number of hydrogen-bond donors (Lipinski definition) is 1. The van der Waals surface area contributed by atoms with Gasteiger partial charge in [-0.25, -0.2) is 0 Å². The van der Waals surface area contributed by atoms with Crippen LogP contribution in [0.3, 0.4) is 0 Å².